The number of hydrogen-bond acceptors (Lipinski definition) is 5. The van der Waals surface area contributed by atoms with E-state index in [9.17, 15) is 4.79 Å². The monoisotopic (exact) mass is 410 g/mol. The second-order valence-corrected chi connectivity index (χ2v) is 7.72. The number of carbonyl (C=O) groups is 1. The topological polar surface area (TPSA) is 67.4 Å². The van der Waals surface area contributed by atoms with Crippen molar-refractivity contribution in [2.75, 3.05) is 30.4 Å². The van der Waals surface area contributed by atoms with Crippen LogP contribution < -0.4 is 15.0 Å². The van der Waals surface area contributed by atoms with E-state index in [1.165, 1.54) is 0 Å². The van der Waals surface area contributed by atoms with Gasteiger partial charge in [-0.15, -0.1) is 0 Å². The molecule has 1 aliphatic heterocycles. The summed E-state index contributed by atoms with van der Waals surface area (Å²) < 4.78 is 5.50. The van der Waals surface area contributed by atoms with E-state index in [0.717, 1.165) is 41.7 Å². The minimum absolute atomic E-state index is 0.00726. The molecule has 0 aliphatic carbocycles. The highest BCUT2D eigenvalue weighted by atomic mass is 35.5. The molecule has 150 valence electrons. The number of hydrogen-bond donors (Lipinski definition) is 1. The molecule has 1 amide bonds. The summed E-state index contributed by atoms with van der Waals surface area (Å²) >= 11 is 6.02. The fourth-order valence-corrected chi connectivity index (χ4v) is 3.93. The minimum Gasteiger partial charge on any atom is -0.478 e. The zero-order valence-electron chi connectivity index (χ0n) is 16.5. The maximum atomic E-state index is 12.9. The van der Waals surface area contributed by atoms with Gasteiger partial charge in [0.1, 0.15) is 0 Å². The van der Waals surface area contributed by atoms with Crippen LogP contribution in [0.5, 0.6) is 5.88 Å². The molecule has 1 saturated heterocycles. The number of piperidine rings is 1. The second-order valence-electron chi connectivity index (χ2n) is 7.28. The van der Waals surface area contributed by atoms with Crippen LogP contribution >= 0.6 is 11.6 Å². The summed E-state index contributed by atoms with van der Waals surface area (Å²) in [5.41, 5.74) is 3.34. The van der Waals surface area contributed by atoms with E-state index in [1.807, 2.05) is 43.3 Å². The van der Waals surface area contributed by atoms with E-state index >= 15 is 0 Å². The zero-order chi connectivity index (χ0) is 20.4. The Hall–Kier alpha value is -2.86. The first-order valence-corrected chi connectivity index (χ1v) is 10.1. The van der Waals surface area contributed by atoms with Crippen LogP contribution in [0.25, 0.3) is 11.0 Å². The Balaban J connectivity index is 1.55. The average Bonchev–Trinajstić information content (AvgIpc) is 2.74. The number of aromatic nitrogens is 2. The third-order valence-corrected chi connectivity index (χ3v) is 5.49. The summed E-state index contributed by atoms with van der Waals surface area (Å²) in [7, 11) is 1.60. The van der Waals surface area contributed by atoms with Crippen molar-refractivity contribution in [1.82, 2.24) is 9.97 Å². The molecule has 1 aromatic heterocycles. The van der Waals surface area contributed by atoms with Gasteiger partial charge in [-0.2, -0.15) is 0 Å². The average molecular weight is 411 g/mol. The highest BCUT2D eigenvalue weighted by Crippen LogP contribution is 2.31. The van der Waals surface area contributed by atoms with Gasteiger partial charge in [0.2, 0.25) is 5.91 Å². The van der Waals surface area contributed by atoms with Crippen molar-refractivity contribution in [1.29, 1.82) is 0 Å². The molecular weight excluding hydrogens is 388 g/mol. The van der Waals surface area contributed by atoms with Gasteiger partial charge in [0.15, 0.2) is 5.82 Å². The molecule has 0 bridgehead atoms. The molecule has 2 aromatic carbocycles. The van der Waals surface area contributed by atoms with Crippen LogP contribution in [-0.2, 0) is 4.79 Å². The third-order valence-electron chi connectivity index (χ3n) is 5.25. The summed E-state index contributed by atoms with van der Waals surface area (Å²) in [6.45, 7) is 3.32. The number of halogens is 1. The highest BCUT2D eigenvalue weighted by molar-refractivity contribution is 6.30. The number of para-hydroxylation sites is 2. The lowest BCUT2D eigenvalue weighted by atomic mass is 9.97. The lowest BCUT2D eigenvalue weighted by Gasteiger charge is -2.33. The Morgan fingerprint density at radius 2 is 1.97 bits per heavy atom. The van der Waals surface area contributed by atoms with E-state index < -0.39 is 0 Å². The van der Waals surface area contributed by atoms with Crippen LogP contribution in [0.1, 0.15) is 18.4 Å². The SMILES string of the molecule is COc1nc2ccccc2nc1N1CCC[C@H](C(=O)Nc2ccc(Cl)cc2C)C1. The van der Waals surface area contributed by atoms with Crippen molar-refractivity contribution in [3.63, 3.8) is 0 Å². The summed E-state index contributed by atoms with van der Waals surface area (Å²) in [4.78, 5) is 24.4. The van der Waals surface area contributed by atoms with Crippen molar-refractivity contribution in [2.45, 2.75) is 19.8 Å². The van der Waals surface area contributed by atoms with Gasteiger partial charge >= 0.3 is 0 Å². The zero-order valence-corrected chi connectivity index (χ0v) is 17.2. The fraction of sp³-hybridized carbons (Fsp3) is 0.318. The van der Waals surface area contributed by atoms with Crippen LogP contribution in [0.3, 0.4) is 0 Å². The molecule has 1 fully saturated rings. The maximum absolute atomic E-state index is 12.9. The molecule has 0 radical (unpaired) electrons. The molecule has 4 rings (SSSR count). The first-order chi connectivity index (χ1) is 14.0. The summed E-state index contributed by atoms with van der Waals surface area (Å²) in [5, 5.41) is 3.70. The molecule has 2 heterocycles. The predicted octanol–water partition coefficient (Wildman–Crippen LogP) is 4.46. The van der Waals surface area contributed by atoms with Crippen molar-refractivity contribution >= 4 is 40.0 Å². The Morgan fingerprint density at radius 3 is 2.69 bits per heavy atom. The second kappa shape index (κ2) is 8.25. The van der Waals surface area contributed by atoms with Gasteiger partial charge in [-0.3, -0.25) is 4.79 Å². The third kappa shape index (κ3) is 4.12. The smallest absolute Gasteiger partial charge is 0.257 e. The molecule has 0 saturated carbocycles. The van der Waals surface area contributed by atoms with E-state index in [1.54, 1.807) is 13.2 Å². The summed E-state index contributed by atoms with van der Waals surface area (Å²) in [6, 6.07) is 13.2. The first-order valence-electron chi connectivity index (χ1n) is 9.68. The van der Waals surface area contributed by atoms with Gasteiger partial charge in [0, 0.05) is 23.8 Å². The summed E-state index contributed by atoms with van der Waals surface area (Å²) in [6.07, 6.45) is 1.73. The number of benzene rings is 2. The number of aryl methyl sites for hydroxylation is 1. The summed E-state index contributed by atoms with van der Waals surface area (Å²) in [5.74, 6) is 1.04. The van der Waals surface area contributed by atoms with E-state index in [-0.39, 0.29) is 11.8 Å². The highest BCUT2D eigenvalue weighted by Gasteiger charge is 2.29. The van der Waals surface area contributed by atoms with Crippen LogP contribution in [0, 0.1) is 12.8 Å². The molecule has 3 aromatic rings. The van der Waals surface area contributed by atoms with E-state index in [2.05, 4.69) is 15.2 Å². The quantitative estimate of drug-likeness (QED) is 0.688. The number of ether oxygens (including phenoxy) is 1. The molecule has 6 nitrogen and oxygen atoms in total. The number of anilines is 2. The Morgan fingerprint density at radius 1 is 1.21 bits per heavy atom. The normalized spacial score (nSPS) is 16.7. The number of rotatable bonds is 4. The molecular formula is C22H23ClN4O2. The Kier molecular flexibility index (Phi) is 5.53. The lowest BCUT2D eigenvalue weighted by Crippen LogP contribution is -2.41. The molecule has 0 spiro atoms. The van der Waals surface area contributed by atoms with Crippen LogP contribution in [0.4, 0.5) is 11.5 Å². The van der Waals surface area contributed by atoms with Crippen molar-refractivity contribution < 1.29 is 9.53 Å². The first kappa shape index (κ1) is 19.5. The largest absolute Gasteiger partial charge is 0.478 e. The number of nitrogens with zero attached hydrogens (tertiary/aromatic N) is 3. The van der Waals surface area contributed by atoms with Crippen LogP contribution in [0.2, 0.25) is 5.02 Å². The molecule has 1 N–H and O–H groups in total. The van der Waals surface area contributed by atoms with Gasteiger partial charge in [0.05, 0.1) is 24.1 Å². The van der Waals surface area contributed by atoms with Gasteiger partial charge < -0.3 is 15.0 Å². The lowest BCUT2D eigenvalue weighted by molar-refractivity contribution is -0.120. The predicted molar refractivity (Wildman–Crippen MR) is 116 cm³/mol. The maximum Gasteiger partial charge on any atom is 0.257 e. The molecule has 1 atom stereocenters. The number of nitrogens with one attached hydrogen (secondary N) is 1. The standard InChI is InChI=1S/C22H23ClN4O2/c1-14-12-16(23)9-10-17(14)25-21(28)15-6-5-11-27(13-15)20-22(29-2)26-19-8-4-3-7-18(19)24-20/h3-4,7-10,12,15H,5-6,11,13H2,1-2H3,(H,25,28)/t15-/m0/s1. The minimum atomic E-state index is -0.142. The number of methoxy groups -OCH3 is 1. The van der Waals surface area contributed by atoms with Gasteiger partial charge in [-0.1, -0.05) is 23.7 Å². The van der Waals surface area contributed by atoms with Crippen molar-refractivity contribution in [2.24, 2.45) is 5.92 Å². The van der Waals surface area contributed by atoms with E-state index in [0.29, 0.717) is 23.3 Å². The van der Waals surface area contributed by atoms with E-state index in [4.69, 9.17) is 21.3 Å². The molecule has 29 heavy (non-hydrogen) atoms. The van der Waals surface area contributed by atoms with Gasteiger partial charge in [0.25, 0.3) is 5.88 Å². The van der Waals surface area contributed by atoms with Crippen molar-refractivity contribution in [3.05, 3.63) is 53.1 Å². The number of carbonyl (C=O) groups excluding carboxylic acids is 1. The number of fused-ring (bicyclic) bond motifs is 1. The van der Waals surface area contributed by atoms with Crippen molar-refractivity contribution in [3.8, 4) is 5.88 Å². The molecule has 0 unspecified atom stereocenters. The number of amides is 1. The molecule has 7 heteroatoms. The van der Waals surface area contributed by atoms with Gasteiger partial charge in [-0.25, -0.2) is 9.97 Å². The van der Waals surface area contributed by atoms with Gasteiger partial charge in [-0.05, 0) is 55.7 Å². The van der Waals surface area contributed by atoms with Crippen LogP contribution in [-0.4, -0.2) is 36.1 Å². The fourth-order valence-electron chi connectivity index (χ4n) is 3.70. The Labute approximate surface area is 174 Å². The Bertz CT molecular complexity index is 1060. The van der Waals surface area contributed by atoms with Crippen LogP contribution in [0.15, 0.2) is 42.5 Å². The molecule has 1 aliphatic rings.